The lowest BCUT2D eigenvalue weighted by molar-refractivity contribution is 0.861. The van der Waals surface area contributed by atoms with E-state index in [9.17, 15) is 0 Å². The number of hydrogen-bond donors (Lipinski definition) is 2. The van der Waals surface area contributed by atoms with Gasteiger partial charge in [0.05, 0.1) is 6.67 Å². The van der Waals surface area contributed by atoms with E-state index in [2.05, 4.69) is 64.3 Å². The Bertz CT molecular complexity index is 689. The van der Waals surface area contributed by atoms with E-state index in [1.54, 1.807) is 0 Å². The highest BCUT2D eigenvalue weighted by Crippen LogP contribution is 2.34. The van der Waals surface area contributed by atoms with Crippen molar-refractivity contribution in [3.8, 4) is 0 Å². The summed E-state index contributed by atoms with van der Waals surface area (Å²) in [6, 6.07) is 8.16. The highest BCUT2D eigenvalue weighted by Gasteiger charge is 2.14. The lowest BCUT2D eigenvalue weighted by Gasteiger charge is -2.22. The van der Waals surface area contributed by atoms with Gasteiger partial charge in [-0.15, -0.1) is 0 Å². The van der Waals surface area contributed by atoms with Crippen molar-refractivity contribution < 1.29 is 0 Å². The average Bonchev–Trinajstić information content (AvgIpc) is 2.54. The monoisotopic (exact) mass is 378 g/mol. The van der Waals surface area contributed by atoms with Crippen LogP contribution in [0.4, 0.5) is 11.4 Å². The topological polar surface area (TPSA) is 24.1 Å². The molecule has 0 saturated carbocycles. The van der Waals surface area contributed by atoms with Gasteiger partial charge in [-0.3, -0.25) is 0 Å². The van der Waals surface area contributed by atoms with Crippen molar-refractivity contribution in [3.05, 3.63) is 56.6 Å². The molecule has 0 fully saturated rings. The van der Waals surface area contributed by atoms with Gasteiger partial charge in [-0.25, -0.2) is 0 Å². The van der Waals surface area contributed by atoms with E-state index >= 15 is 0 Å². The van der Waals surface area contributed by atoms with Gasteiger partial charge in [-0.1, -0.05) is 63.0 Å². The summed E-state index contributed by atoms with van der Waals surface area (Å²) in [5.41, 5.74) is 6.94. The Hall–Kier alpha value is -1.38. The Kier molecular flexibility index (Phi) is 6.65. The molecule has 2 rings (SSSR count). The Morgan fingerprint density at radius 3 is 1.40 bits per heavy atom. The van der Waals surface area contributed by atoms with Crippen LogP contribution in [-0.2, 0) is 0 Å². The largest absolute Gasteiger partial charge is 0.367 e. The number of anilines is 2. The third-order valence-electron chi connectivity index (χ3n) is 4.64. The summed E-state index contributed by atoms with van der Waals surface area (Å²) < 4.78 is 0. The summed E-state index contributed by atoms with van der Waals surface area (Å²) in [4.78, 5) is 0. The molecule has 0 aliphatic heterocycles. The van der Waals surface area contributed by atoms with Crippen molar-refractivity contribution in [3.63, 3.8) is 0 Å². The second-order valence-electron chi connectivity index (χ2n) is 7.11. The van der Waals surface area contributed by atoms with Crippen molar-refractivity contribution >= 4 is 34.6 Å². The van der Waals surface area contributed by atoms with Crippen LogP contribution < -0.4 is 10.6 Å². The van der Waals surface area contributed by atoms with E-state index in [1.807, 2.05) is 12.1 Å². The first-order valence-electron chi connectivity index (χ1n) is 8.79. The molecule has 2 N–H and O–H groups in total. The number of benzene rings is 2. The summed E-state index contributed by atoms with van der Waals surface area (Å²) in [6.07, 6.45) is 0. The summed E-state index contributed by atoms with van der Waals surface area (Å²) in [5.74, 6) is 0.857. The molecule has 0 aromatic heterocycles. The van der Waals surface area contributed by atoms with E-state index in [4.69, 9.17) is 23.2 Å². The van der Waals surface area contributed by atoms with Gasteiger partial charge in [0, 0.05) is 21.4 Å². The molecule has 2 aromatic carbocycles. The van der Waals surface area contributed by atoms with E-state index < -0.39 is 0 Å². The van der Waals surface area contributed by atoms with Crippen molar-refractivity contribution in [2.45, 2.75) is 53.4 Å². The molecule has 2 nitrogen and oxygen atoms in total. The smallest absolute Gasteiger partial charge is 0.0849 e. The Morgan fingerprint density at radius 2 is 1.08 bits per heavy atom. The van der Waals surface area contributed by atoms with Gasteiger partial charge in [0.1, 0.15) is 0 Å². The van der Waals surface area contributed by atoms with Crippen LogP contribution in [0.1, 0.15) is 61.8 Å². The van der Waals surface area contributed by atoms with Crippen LogP contribution in [0.2, 0.25) is 10.0 Å². The highest BCUT2D eigenvalue weighted by molar-refractivity contribution is 6.32. The van der Waals surface area contributed by atoms with Gasteiger partial charge in [0.15, 0.2) is 0 Å². The standard InChI is InChI=1S/C21H28Cl2N2/c1-12(2)16-7-9-18(22)14(5)20(16)24-11-25-21-15(6)19(23)10-8-17(21)13(3)4/h7-10,12-13,24-25H,11H2,1-6H3. The molecule has 2 aromatic rings. The fourth-order valence-electron chi connectivity index (χ4n) is 3.07. The molecular formula is C21H28Cl2N2. The molecule has 0 aliphatic carbocycles. The van der Waals surface area contributed by atoms with Crippen molar-refractivity contribution in [2.75, 3.05) is 17.3 Å². The van der Waals surface area contributed by atoms with Crippen molar-refractivity contribution in [2.24, 2.45) is 0 Å². The van der Waals surface area contributed by atoms with Crippen LogP contribution in [0.5, 0.6) is 0 Å². The van der Waals surface area contributed by atoms with Gasteiger partial charge in [0.25, 0.3) is 0 Å². The molecule has 4 heteroatoms. The lowest BCUT2D eigenvalue weighted by Crippen LogP contribution is -2.16. The zero-order valence-corrected chi connectivity index (χ0v) is 17.4. The Labute approximate surface area is 161 Å². The molecule has 0 saturated heterocycles. The number of hydrogen-bond acceptors (Lipinski definition) is 2. The molecule has 0 bridgehead atoms. The highest BCUT2D eigenvalue weighted by atomic mass is 35.5. The molecule has 0 heterocycles. The van der Waals surface area contributed by atoms with E-state index in [0.29, 0.717) is 18.5 Å². The molecule has 0 radical (unpaired) electrons. The summed E-state index contributed by atoms with van der Waals surface area (Å²) in [6.45, 7) is 13.5. The molecule has 25 heavy (non-hydrogen) atoms. The zero-order chi connectivity index (χ0) is 18.7. The maximum atomic E-state index is 6.32. The molecule has 0 amide bonds. The van der Waals surface area contributed by atoms with Gasteiger partial charge in [-0.2, -0.15) is 0 Å². The second kappa shape index (κ2) is 8.33. The van der Waals surface area contributed by atoms with Crippen LogP contribution in [0.25, 0.3) is 0 Å². The summed E-state index contributed by atoms with van der Waals surface area (Å²) in [5, 5.41) is 8.62. The minimum absolute atomic E-state index is 0.428. The molecule has 0 spiro atoms. The zero-order valence-electron chi connectivity index (χ0n) is 15.9. The van der Waals surface area contributed by atoms with Crippen LogP contribution in [0, 0.1) is 13.8 Å². The first kappa shape index (κ1) is 19.9. The average molecular weight is 379 g/mol. The van der Waals surface area contributed by atoms with E-state index in [0.717, 1.165) is 32.5 Å². The summed E-state index contributed by atoms with van der Waals surface area (Å²) in [7, 11) is 0. The number of halogens is 2. The minimum Gasteiger partial charge on any atom is -0.367 e. The Morgan fingerprint density at radius 1 is 0.720 bits per heavy atom. The quantitative estimate of drug-likeness (QED) is 0.513. The minimum atomic E-state index is 0.428. The lowest BCUT2D eigenvalue weighted by atomic mass is 9.97. The second-order valence-corrected chi connectivity index (χ2v) is 7.93. The molecule has 136 valence electrons. The van der Waals surface area contributed by atoms with Gasteiger partial charge >= 0.3 is 0 Å². The molecule has 0 atom stereocenters. The first-order valence-corrected chi connectivity index (χ1v) is 9.55. The number of rotatable bonds is 6. The fraction of sp³-hybridized carbons (Fsp3) is 0.429. The molecule has 0 aliphatic rings. The maximum Gasteiger partial charge on any atom is 0.0849 e. The molecular weight excluding hydrogens is 351 g/mol. The van der Waals surface area contributed by atoms with Crippen LogP contribution in [0.15, 0.2) is 24.3 Å². The van der Waals surface area contributed by atoms with Crippen LogP contribution >= 0.6 is 23.2 Å². The van der Waals surface area contributed by atoms with Gasteiger partial charge in [-0.05, 0) is 60.1 Å². The third-order valence-corrected chi connectivity index (χ3v) is 5.46. The van der Waals surface area contributed by atoms with Gasteiger partial charge < -0.3 is 10.6 Å². The predicted octanol–water partition coefficient (Wildman–Crippen LogP) is 7.34. The normalized spacial score (nSPS) is 11.3. The van der Waals surface area contributed by atoms with Gasteiger partial charge in [0.2, 0.25) is 0 Å². The third kappa shape index (κ3) is 4.43. The van der Waals surface area contributed by atoms with E-state index in [-0.39, 0.29) is 0 Å². The summed E-state index contributed by atoms with van der Waals surface area (Å²) >= 11 is 12.6. The fourth-order valence-corrected chi connectivity index (χ4v) is 3.38. The van der Waals surface area contributed by atoms with Crippen LogP contribution in [0.3, 0.4) is 0 Å². The number of nitrogens with one attached hydrogen (secondary N) is 2. The first-order chi connectivity index (χ1) is 11.7. The predicted molar refractivity (Wildman–Crippen MR) is 113 cm³/mol. The van der Waals surface area contributed by atoms with Crippen molar-refractivity contribution in [1.29, 1.82) is 0 Å². The maximum absolute atomic E-state index is 6.32. The SMILES string of the molecule is Cc1c(Cl)ccc(C(C)C)c1NCNc1c(C(C)C)ccc(Cl)c1C. The van der Waals surface area contributed by atoms with E-state index in [1.165, 1.54) is 11.1 Å². The molecule has 0 unspecified atom stereocenters. The van der Waals surface area contributed by atoms with Crippen molar-refractivity contribution in [1.82, 2.24) is 0 Å². The van der Waals surface area contributed by atoms with Crippen LogP contribution in [-0.4, -0.2) is 6.67 Å². The Balaban J connectivity index is 2.25.